The molecular weight excluding hydrogens is 237 g/mol. The van der Waals surface area contributed by atoms with Crippen LogP contribution in [0.3, 0.4) is 0 Å². The zero-order chi connectivity index (χ0) is 9.30. The Morgan fingerprint density at radius 2 is 1.46 bits per heavy atom. The van der Waals surface area contributed by atoms with Crippen molar-refractivity contribution in [3.05, 3.63) is 17.7 Å². The van der Waals surface area contributed by atoms with E-state index in [2.05, 4.69) is 0 Å². The van der Waals surface area contributed by atoms with Gasteiger partial charge in [-0.3, -0.25) is 0 Å². The molecule has 6 heteroatoms. The number of carboxylic acids is 1. The summed E-state index contributed by atoms with van der Waals surface area (Å²) in [7, 11) is 0. The molecule has 0 aliphatic heterocycles. The van der Waals surface area contributed by atoms with Crippen LogP contribution in [0.25, 0.3) is 0 Å². The number of phenolic OH excluding ortho intramolecular Hbond substituents is 3. The molecule has 0 aliphatic carbocycles. The molecule has 0 unspecified atom stereocenters. The molecule has 0 aromatic heterocycles. The van der Waals surface area contributed by atoms with Crippen LogP contribution in [-0.2, 0) is 0 Å². The molecule has 4 N–H and O–H groups in total. The van der Waals surface area contributed by atoms with Gasteiger partial charge in [0.05, 0.1) is 5.56 Å². The maximum atomic E-state index is 10.3. The molecule has 1 aromatic rings. The van der Waals surface area contributed by atoms with E-state index in [1.807, 2.05) is 0 Å². The fourth-order valence-corrected chi connectivity index (χ4v) is 0.728. The van der Waals surface area contributed by atoms with Crippen molar-refractivity contribution < 1.29 is 25.2 Å². The second-order valence-electron chi connectivity index (χ2n) is 2.17. The SMILES string of the molecule is O=C(O)c1cc(O)c(O)c(O)c1.[GeH4]. The van der Waals surface area contributed by atoms with Gasteiger partial charge in [-0.25, -0.2) is 4.79 Å². The average Bonchev–Trinajstić information content (AvgIpc) is 1.99. The molecular formula is C7H10GeO5. The summed E-state index contributed by atoms with van der Waals surface area (Å²) in [5, 5.41) is 35.0. The second kappa shape index (κ2) is 4.04. The molecule has 1 aromatic carbocycles. The zero-order valence-electron chi connectivity index (χ0n) is 5.85. The summed E-state index contributed by atoms with van der Waals surface area (Å²) in [5.74, 6) is -3.33. The van der Waals surface area contributed by atoms with Crippen molar-refractivity contribution in [3.63, 3.8) is 0 Å². The van der Waals surface area contributed by atoms with Crippen LogP contribution < -0.4 is 0 Å². The Labute approximate surface area is 84.2 Å². The van der Waals surface area contributed by atoms with Gasteiger partial charge in [0.15, 0.2) is 17.2 Å². The summed E-state index contributed by atoms with van der Waals surface area (Å²) in [6.45, 7) is 0. The second-order valence-corrected chi connectivity index (χ2v) is 2.17. The first kappa shape index (κ1) is 11.6. The van der Waals surface area contributed by atoms with Crippen molar-refractivity contribution in [1.29, 1.82) is 0 Å². The van der Waals surface area contributed by atoms with Gasteiger partial charge in [0.1, 0.15) is 0 Å². The molecule has 0 heterocycles. The predicted molar refractivity (Wildman–Crippen MR) is 49.7 cm³/mol. The van der Waals surface area contributed by atoms with Crippen LogP contribution >= 0.6 is 0 Å². The molecule has 0 spiro atoms. The number of carboxylic acid groups (broad SMARTS) is 1. The van der Waals surface area contributed by atoms with Crippen molar-refractivity contribution in [2.45, 2.75) is 0 Å². The van der Waals surface area contributed by atoms with Crippen LogP contribution in [0.2, 0.25) is 0 Å². The van der Waals surface area contributed by atoms with Crippen molar-refractivity contribution in [1.82, 2.24) is 0 Å². The van der Waals surface area contributed by atoms with E-state index >= 15 is 0 Å². The molecule has 0 aliphatic rings. The number of aromatic carboxylic acids is 1. The Kier molecular flexibility index (Phi) is 3.61. The molecule has 0 bridgehead atoms. The van der Waals surface area contributed by atoms with Gasteiger partial charge in [-0.2, -0.15) is 0 Å². The van der Waals surface area contributed by atoms with Crippen LogP contribution in [0.5, 0.6) is 17.2 Å². The summed E-state index contributed by atoms with van der Waals surface area (Å²) in [6.07, 6.45) is 0. The van der Waals surface area contributed by atoms with Crippen LogP contribution in [0.15, 0.2) is 12.1 Å². The fraction of sp³-hybridized carbons (Fsp3) is 0. The quantitative estimate of drug-likeness (QED) is 0.378. The zero-order valence-corrected chi connectivity index (χ0v) is 5.85. The van der Waals surface area contributed by atoms with Gasteiger partial charge in [-0.1, -0.05) is 0 Å². The Morgan fingerprint density at radius 3 is 1.77 bits per heavy atom. The van der Waals surface area contributed by atoms with E-state index in [9.17, 15) is 4.79 Å². The third-order valence-electron chi connectivity index (χ3n) is 1.32. The monoisotopic (exact) mass is 248 g/mol. The van der Waals surface area contributed by atoms with Gasteiger partial charge < -0.3 is 20.4 Å². The number of rotatable bonds is 1. The topological polar surface area (TPSA) is 98.0 Å². The van der Waals surface area contributed by atoms with E-state index in [4.69, 9.17) is 20.4 Å². The van der Waals surface area contributed by atoms with Gasteiger partial charge in [0, 0.05) is 0 Å². The van der Waals surface area contributed by atoms with Gasteiger partial charge in [0.2, 0.25) is 0 Å². The van der Waals surface area contributed by atoms with E-state index in [-0.39, 0.29) is 23.2 Å². The van der Waals surface area contributed by atoms with E-state index in [0.717, 1.165) is 12.1 Å². The van der Waals surface area contributed by atoms with Crippen molar-refractivity contribution in [3.8, 4) is 17.2 Å². The third-order valence-corrected chi connectivity index (χ3v) is 1.32. The molecule has 5 nitrogen and oxygen atoms in total. The minimum atomic E-state index is -1.29. The van der Waals surface area contributed by atoms with Crippen LogP contribution in [0.1, 0.15) is 10.4 Å². The van der Waals surface area contributed by atoms with Gasteiger partial charge >= 0.3 is 23.6 Å². The predicted octanol–water partition coefficient (Wildman–Crippen LogP) is -0.950. The Balaban J connectivity index is 0.00000144. The molecule has 72 valence electrons. The molecule has 0 radical (unpaired) electrons. The van der Waals surface area contributed by atoms with E-state index in [1.165, 1.54) is 0 Å². The number of phenols is 3. The first-order valence-electron chi connectivity index (χ1n) is 3.00. The summed E-state index contributed by atoms with van der Waals surface area (Å²) in [5.41, 5.74) is -0.289. The first-order chi connectivity index (χ1) is 5.52. The maximum absolute atomic E-state index is 10.3. The Morgan fingerprint density at radius 1 is 1.08 bits per heavy atom. The van der Waals surface area contributed by atoms with Crippen molar-refractivity contribution in [2.75, 3.05) is 0 Å². The Bertz CT molecular complexity index is 313. The Hall–Kier alpha value is -1.37. The molecule has 0 fully saturated rings. The van der Waals surface area contributed by atoms with Gasteiger partial charge in [-0.05, 0) is 12.1 Å². The van der Waals surface area contributed by atoms with Crippen molar-refractivity contribution in [2.24, 2.45) is 0 Å². The molecule has 0 saturated heterocycles. The summed E-state index contributed by atoms with van der Waals surface area (Å²) >= 11 is 0. The minimum absolute atomic E-state index is 0. The first-order valence-corrected chi connectivity index (χ1v) is 3.00. The van der Waals surface area contributed by atoms with Gasteiger partial charge in [0.25, 0.3) is 0 Å². The van der Waals surface area contributed by atoms with Gasteiger partial charge in [-0.15, -0.1) is 0 Å². The van der Waals surface area contributed by atoms with E-state index in [1.54, 1.807) is 0 Å². The summed E-state index contributed by atoms with van der Waals surface area (Å²) < 4.78 is 0. The van der Waals surface area contributed by atoms with Crippen molar-refractivity contribution >= 4 is 23.6 Å². The normalized spacial score (nSPS) is 8.92. The molecule has 0 atom stereocenters. The summed E-state index contributed by atoms with van der Waals surface area (Å²) in [4.78, 5) is 10.3. The number of benzene rings is 1. The van der Waals surface area contributed by atoms with E-state index < -0.39 is 23.2 Å². The molecule has 0 saturated carbocycles. The average molecular weight is 247 g/mol. The molecule has 13 heavy (non-hydrogen) atoms. The van der Waals surface area contributed by atoms with Crippen LogP contribution in [0, 0.1) is 0 Å². The number of carbonyl (C=O) groups is 1. The molecule has 0 amide bonds. The number of hydrogen-bond acceptors (Lipinski definition) is 4. The number of aromatic hydroxyl groups is 3. The van der Waals surface area contributed by atoms with Crippen LogP contribution in [0.4, 0.5) is 0 Å². The fourth-order valence-electron chi connectivity index (χ4n) is 0.728. The standard InChI is InChI=1S/C7H6O5.GeH4/c8-4-1-3(7(11)12)2-5(9)6(4)10;/h1-2,8-10H,(H,11,12);1H4. The van der Waals surface area contributed by atoms with E-state index in [0.29, 0.717) is 0 Å². The molecule has 1 rings (SSSR count). The van der Waals surface area contributed by atoms with Crippen LogP contribution in [-0.4, -0.2) is 44.0 Å². The summed E-state index contributed by atoms with van der Waals surface area (Å²) in [6, 6.07) is 1.69. The number of hydrogen-bond donors (Lipinski definition) is 4. The third kappa shape index (κ3) is 2.28.